The van der Waals surface area contributed by atoms with Crippen molar-refractivity contribution < 1.29 is 9.84 Å². The Labute approximate surface area is 136 Å². The van der Waals surface area contributed by atoms with Gasteiger partial charge in [0.25, 0.3) is 0 Å². The Morgan fingerprint density at radius 3 is 2.87 bits per heavy atom. The van der Waals surface area contributed by atoms with Crippen LogP contribution in [-0.4, -0.2) is 36.3 Å². The van der Waals surface area contributed by atoms with Gasteiger partial charge in [-0.05, 0) is 40.8 Å². The molecular formula is C20H21NO2. The summed E-state index contributed by atoms with van der Waals surface area (Å²) in [5.41, 5.74) is 6.58. The Morgan fingerprint density at radius 1 is 1.09 bits per heavy atom. The van der Waals surface area contributed by atoms with Crippen LogP contribution in [0.15, 0.2) is 42.5 Å². The fourth-order valence-corrected chi connectivity index (χ4v) is 3.45. The highest BCUT2D eigenvalue weighted by molar-refractivity contribution is 5.88. The summed E-state index contributed by atoms with van der Waals surface area (Å²) in [6.07, 6.45) is 3.29. The van der Waals surface area contributed by atoms with Gasteiger partial charge in [-0.25, -0.2) is 0 Å². The van der Waals surface area contributed by atoms with Crippen LogP contribution in [0.2, 0.25) is 0 Å². The molecule has 4 rings (SSSR count). The zero-order valence-electron chi connectivity index (χ0n) is 13.2. The van der Waals surface area contributed by atoms with Crippen molar-refractivity contribution >= 4 is 11.6 Å². The Balaban J connectivity index is 1.63. The maximum absolute atomic E-state index is 9.19. The molecule has 3 nitrogen and oxygen atoms in total. The lowest BCUT2D eigenvalue weighted by Crippen LogP contribution is -2.28. The van der Waals surface area contributed by atoms with E-state index in [0.717, 1.165) is 25.3 Å². The molecule has 1 aliphatic heterocycles. The Hall–Kier alpha value is -2.10. The zero-order chi connectivity index (χ0) is 15.6. The largest absolute Gasteiger partial charge is 0.492 e. The zero-order valence-corrected chi connectivity index (χ0v) is 13.2. The lowest BCUT2D eigenvalue weighted by atomic mass is 10.0. The van der Waals surface area contributed by atoms with Crippen LogP contribution in [-0.2, 0) is 13.0 Å². The molecule has 0 amide bonds. The van der Waals surface area contributed by atoms with E-state index >= 15 is 0 Å². The van der Waals surface area contributed by atoms with Crippen molar-refractivity contribution in [1.29, 1.82) is 0 Å². The lowest BCUT2D eigenvalue weighted by Gasteiger charge is -2.17. The molecule has 1 aliphatic carbocycles. The van der Waals surface area contributed by atoms with Gasteiger partial charge in [0.15, 0.2) is 0 Å². The Kier molecular flexibility index (Phi) is 3.90. The second kappa shape index (κ2) is 6.19. The number of ether oxygens (including phenoxy) is 1. The summed E-state index contributed by atoms with van der Waals surface area (Å²) < 4.78 is 5.86. The molecule has 2 aliphatic rings. The Bertz CT molecular complexity index is 751. The molecule has 0 aromatic heterocycles. The van der Waals surface area contributed by atoms with Crippen molar-refractivity contribution in [3.8, 4) is 5.75 Å². The summed E-state index contributed by atoms with van der Waals surface area (Å²) in [7, 11) is 0. The highest BCUT2D eigenvalue weighted by Crippen LogP contribution is 2.34. The van der Waals surface area contributed by atoms with E-state index in [2.05, 4.69) is 53.4 Å². The van der Waals surface area contributed by atoms with E-state index in [-0.39, 0.29) is 6.61 Å². The molecule has 0 bridgehead atoms. The van der Waals surface area contributed by atoms with Crippen molar-refractivity contribution in [3.63, 3.8) is 0 Å². The summed E-state index contributed by atoms with van der Waals surface area (Å²) in [5.74, 6) is 0.977. The molecule has 118 valence electrons. The molecule has 0 fully saturated rings. The number of nitrogens with zero attached hydrogens (tertiary/aromatic N) is 1. The normalized spacial score (nSPS) is 17.0. The summed E-state index contributed by atoms with van der Waals surface area (Å²) >= 11 is 0. The van der Waals surface area contributed by atoms with E-state index in [9.17, 15) is 5.11 Å². The molecule has 1 heterocycles. The van der Waals surface area contributed by atoms with Crippen LogP contribution in [0, 0.1) is 0 Å². The number of aliphatic hydroxyl groups excluding tert-OH is 1. The van der Waals surface area contributed by atoms with Crippen LogP contribution in [0.1, 0.15) is 22.3 Å². The molecule has 23 heavy (non-hydrogen) atoms. The quantitative estimate of drug-likeness (QED) is 0.946. The minimum atomic E-state index is 0.190. The van der Waals surface area contributed by atoms with Gasteiger partial charge in [0.2, 0.25) is 0 Å². The Morgan fingerprint density at radius 2 is 2.00 bits per heavy atom. The number of fused-ring (bicyclic) bond motifs is 2. The first-order chi connectivity index (χ1) is 11.3. The van der Waals surface area contributed by atoms with Crippen LogP contribution < -0.4 is 4.74 Å². The van der Waals surface area contributed by atoms with Crippen LogP contribution in [0.25, 0.3) is 11.6 Å². The molecule has 0 saturated heterocycles. The van der Waals surface area contributed by atoms with Gasteiger partial charge in [0.05, 0.1) is 6.61 Å². The fraction of sp³-hybridized carbons (Fsp3) is 0.300. The van der Waals surface area contributed by atoms with Crippen molar-refractivity contribution in [3.05, 3.63) is 64.7 Å². The number of aliphatic hydroxyl groups is 1. The molecule has 0 saturated carbocycles. The standard InChI is InChI=1S/C20H21NO2/c22-9-7-21-8-10-23-20-6-5-17(13-19(20)14-21)18-11-15-3-1-2-4-16(15)12-18/h1-6,11,13,22H,7-10,12,14H2. The molecule has 0 radical (unpaired) electrons. The second-order valence-corrected chi connectivity index (χ2v) is 6.22. The van der Waals surface area contributed by atoms with Crippen molar-refractivity contribution in [2.45, 2.75) is 13.0 Å². The van der Waals surface area contributed by atoms with E-state index in [0.29, 0.717) is 13.2 Å². The van der Waals surface area contributed by atoms with Crippen LogP contribution in [0.4, 0.5) is 0 Å². The van der Waals surface area contributed by atoms with Gasteiger partial charge in [-0.1, -0.05) is 36.4 Å². The molecular weight excluding hydrogens is 286 g/mol. The molecule has 0 unspecified atom stereocenters. The van der Waals surface area contributed by atoms with Crippen LogP contribution in [0.5, 0.6) is 5.75 Å². The van der Waals surface area contributed by atoms with Gasteiger partial charge in [-0.15, -0.1) is 0 Å². The average Bonchev–Trinajstić information content (AvgIpc) is 2.90. The summed E-state index contributed by atoms with van der Waals surface area (Å²) in [6, 6.07) is 15.1. The monoisotopic (exact) mass is 307 g/mol. The first kappa shape index (κ1) is 14.5. The minimum Gasteiger partial charge on any atom is -0.492 e. The van der Waals surface area contributed by atoms with E-state index in [1.165, 1.54) is 27.8 Å². The lowest BCUT2D eigenvalue weighted by molar-refractivity contribution is 0.177. The molecule has 2 aromatic rings. The highest BCUT2D eigenvalue weighted by Gasteiger charge is 2.18. The average molecular weight is 307 g/mol. The van der Waals surface area contributed by atoms with Gasteiger partial charge in [0.1, 0.15) is 12.4 Å². The SMILES string of the molecule is OCCN1CCOc2ccc(C3=Cc4ccccc4C3)cc2C1. The molecule has 2 aromatic carbocycles. The van der Waals surface area contributed by atoms with E-state index in [4.69, 9.17) is 4.74 Å². The van der Waals surface area contributed by atoms with Crippen LogP contribution in [0.3, 0.4) is 0 Å². The minimum absolute atomic E-state index is 0.190. The maximum atomic E-state index is 9.19. The molecule has 0 atom stereocenters. The molecule has 0 spiro atoms. The van der Waals surface area contributed by atoms with Crippen molar-refractivity contribution in [2.75, 3.05) is 26.3 Å². The van der Waals surface area contributed by atoms with Gasteiger partial charge in [0, 0.05) is 25.2 Å². The van der Waals surface area contributed by atoms with E-state index in [1.807, 2.05) is 0 Å². The second-order valence-electron chi connectivity index (χ2n) is 6.22. The maximum Gasteiger partial charge on any atom is 0.123 e. The highest BCUT2D eigenvalue weighted by atomic mass is 16.5. The van der Waals surface area contributed by atoms with Gasteiger partial charge >= 0.3 is 0 Å². The van der Waals surface area contributed by atoms with Crippen LogP contribution >= 0.6 is 0 Å². The number of rotatable bonds is 3. The number of benzene rings is 2. The van der Waals surface area contributed by atoms with Gasteiger partial charge in [-0.3, -0.25) is 4.90 Å². The first-order valence-corrected chi connectivity index (χ1v) is 8.21. The number of allylic oxidation sites excluding steroid dienone is 1. The summed E-state index contributed by atoms with van der Waals surface area (Å²) in [5, 5.41) is 9.19. The summed E-state index contributed by atoms with van der Waals surface area (Å²) in [6.45, 7) is 3.26. The molecule has 1 N–H and O–H groups in total. The fourth-order valence-electron chi connectivity index (χ4n) is 3.45. The van der Waals surface area contributed by atoms with Crippen molar-refractivity contribution in [1.82, 2.24) is 4.90 Å². The van der Waals surface area contributed by atoms with Gasteiger partial charge < -0.3 is 9.84 Å². The third-order valence-electron chi connectivity index (χ3n) is 4.67. The third kappa shape index (κ3) is 2.90. The summed E-state index contributed by atoms with van der Waals surface area (Å²) in [4.78, 5) is 2.24. The predicted octanol–water partition coefficient (Wildman–Crippen LogP) is 2.97. The van der Waals surface area contributed by atoms with Crippen molar-refractivity contribution in [2.24, 2.45) is 0 Å². The number of hydrogen-bond acceptors (Lipinski definition) is 3. The third-order valence-corrected chi connectivity index (χ3v) is 4.67. The predicted molar refractivity (Wildman–Crippen MR) is 92.3 cm³/mol. The number of hydrogen-bond donors (Lipinski definition) is 1. The van der Waals surface area contributed by atoms with E-state index in [1.54, 1.807) is 0 Å². The van der Waals surface area contributed by atoms with Gasteiger partial charge in [-0.2, -0.15) is 0 Å². The smallest absolute Gasteiger partial charge is 0.123 e. The topological polar surface area (TPSA) is 32.7 Å². The van der Waals surface area contributed by atoms with E-state index < -0.39 is 0 Å². The molecule has 3 heteroatoms. The first-order valence-electron chi connectivity index (χ1n) is 8.21. The number of β-amino-alcohol motifs (C(OH)–C–C–N with tert-alkyl or cyclic N) is 1.